The fraction of sp³-hybridized carbons (Fsp3) is 0.136. The van der Waals surface area contributed by atoms with Crippen LogP contribution in [-0.2, 0) is 26.7 Å². The molecule has 0 heterocycles. The van der Waals surface area contributed by atoms with Gasteiger partial charge in [-0.15, -0.1) is 0 Å². The van der Waals surface area contributed by atoms with Gasteiger partial charge in [-0.25, -0.2) is 16.8 Å². The minimum absolute atomic E-state index is 0.0719. The molecular weight excluding hydrogens is 806 g/mol. The number of alkyl halides is 6. The van der Waals surface area contributed by atoms with Gasteiger partial charge in [0.25, 0.3) is 0 Å². The Labute approximate surface area is 240 Å². The third-order valence-electron chi connectivity index (χ3n) is 3.74. The maximum Gasteiger partial charge on any atom is 0.485 e. The molecule has 0 aliphatic rings. The Morgan fingerprint density at radius 1 is 0.615 bits per heavy atom. The highest BCUT2D eigenvalue weighted by molar-refractivity contribution is 7.86. The summed E-state index contributed by atoms with van der Waals surface area (Å²) >= 11 is -0.210. The van der Waals surface area contributed by atoms with E-state index in [1.165, 1.54) is 14.3 Å². The van der Waals surface area contributed by atoms with Crippen molar-refractivity contribution in [2.24, 2.45) is 0 Å². The van der Waals surface area contributed by atoms with Gasteiger partial charge in [0.15, 0.2) is 34.5 Å². The van der Waals surface area contributed by atoms with Gasteiger partial charge in [0.05, 0.1) is 12.5 Å². The van der Waals surface area contributed by atoms with Crippen molar-refractivity contribution in [2.45, 2.75) is 17.4 Å². The molecule has 0 spiro atoms. The Morgan fingerprint density at radius 3 is 1.18 bits per heavy atom. The molecular formula is C22H15F6I2NO6S2. The van der Waals surface area contributed by atoms with Crippen molar-refractivity contribution in [1.82, 2.24) is 0 Å². The Bertz CT molecular complexity index is 1400. The summed E-state index contributed by atoms with van der Waals surface area (Å²) in [5, 5.41) is 8.72. The average Bonchev–Trinajstić information content (AvgIpc) is 2.81. The fourth-order valence-electron chi connectivity index (χ4n) is 2.04. The lowest BCUT2D eigenvalue weighted by Gasteiger charge is -2.08. The highest BCUT2D eigenvalue weighted by atomic mass is 127. The number of rotatable bonds is 5. The molecule has 0 amide bonds. The molecule has 0 aromatic heterocycles. The normalized spacial score (nSPS) is 11.8. The summed E-state index contributed by atoms with van der Waals surface area (Å²) in [6.07, 6.45) is 0.496. The van der Waals surface area contributed by atoms with E-state index in [1.54, 1.807) is 0 Å². The summed E-state index contributed by atoms with van der Waals surface area (Å²) in [6, 6.07) is 30.6. The summed E-state index contributed by atoms with van der Waals surface area (Å²) in [5.41, 5.74) is -10.2. The highest BCUT2D eigenvalue weighted by Gasteiger charge is 2.37. The molecule has 0 bridgehead atoms. The molecule has 7 nitrogen and oxygen atoms in total. The molecule has 0 saturated heterocycles. The zero-order valence-corrected chi connectivity index (χ0v) is 24.9. The second-order valence-corrected chi connectivity index (χ2v) is 15.5. The van der Waals surface area contributed by atoms with Crippen LogP contribution >= 0.6 is 0 Å². The van der Waals surface area contributed by atoms with Gasteiger partial charge in [-0.2, -0.15) is 31.6 Å². The smallest absolute Gasteiger partial charge is 0.485 e. The van der Waals surface area contributed by atoms with Crippen LogP contribution in [0.25, 0.3) is 0 Å². The quantitative estimate of drug-likeness (QED) is 0.127. The van der Waals surface area contributed by atoms with Crippen molar-refractivity contribution in [3.05, 3.63) is 98.7 Å². The van der Waals surface area contributed by atoms with Gasteiger partial charge in [0.2, 0.25) is 0 Å². The minimum atomic E-state index is -6.09. The van der Waals surface area contributed by atoms with Gasteiger partial charge in [-0.05, 0) is 54.1 Å². The van der Waals surface area contributed by atoms with E-state index in [2.05, 4.69) is 84.9 Å². The zero-order chi connectivity index (χ0) is 29.9. The van der Waals surface area contributed by atoms with Crippen molar-refractivity contribution >= 4 is 20.2 Å². The molecule has 3 rings (SSSR count). The lowest BCUT2D eigenvalue weighted by Crippen LogP contribution is -3.62. The first-order chi connectivity index (χ1) is 17.8. The molecule has 0 saturated carbocycles. The third-order valence-corrected chi connectivity index (χ3v) is 10.2. The summed E-state index contributed by atoms with van der Waals surface area (Å²) < 4.78 is 124. The second kappa shape index (κ2) is 15.1. The molecule has 212 valence electrons. The molecule has 17 heteroatoms. The highest BCUT2D eigenvalue weighted by Crippen LogP contribution is 2.21. The average molecular weight is 821 g/mol. The number of halogens is 8. The molecule has 0 aliphatic carbocycles. The van der Waals surface area contributed by atoms with Gasteiger partial charge >= 0.3 is 53.4 Å². The predicted molar refractivity (Wildman–Crippen MR) is 115 cm³/mol. The minimum Gasteiger partial charge on any atom is -0.741 e. The van der Waals surface area contributed by atoms with Crippen LogP contribution in [0.1, 0.15) is 5.56 Å². The molecule has 0 N–H and O–H groups in total. The fourth-order valence-corrected chi connectivity index (χ4v) is 6.41. The van der Waals surface area contributed by atoms with Crippen molar-refractivity contribution < 1.29 is 94.7 Å². The van der Waals surface area contributed by atoms with Crippen LogP contribution in [0.3, 0.4) is 0 Å². The van der Waals surface area contributed by atoms with Crippen molar-refractivity contribution in [2.75, 3.05) is 0 Å². The van der Waals surface area contributed by atoms with E-state index in [-0.39, 0.29) is 42.4 Å². The first-order valence-electron chi connectivity index (χ1n) is 9.78. The summed E-state index contributed by atoms with van der Waals surface area (Å²) in [5.74, 6) is 0. The van der Waals surface area contributed by atoms with Crippen molar-refractivity contribution in [3.63, 3.8) is 0 Å². The van der Waals surface area contributed by atoms with Gasteiger partial charge in [-0.1, -0.05) is 30.3 Å². The standard InChI is InChI=1S/C20H15I2N.2CHF3O3S/c23-15-14-16-6-8-18(9-7-16)22-20-12-10-19(11-13-20)21-17-4-2-1-3-5-17;2*2-1(3,4)8(5,6)7/h1-13H,14H2;2*(H,5,6,7)/q+2;;/p-2. The lowest BCUT2D eigenvalue weighted by molar-refractivity contribution is -0.603. The summed E-state index contributed by atoms with van der Waals surface area (Å²) in [7, 11) is -12.2. The topological polar surface area (TPSA) is 138 Å². The molecule has 3 aromatic carbocycles. The molecule has 0 unspecified atom stereocenters. The van der Waals surface area contributed by atoms with Crippen LogP contribution in [0.2, 0.25) is 0 Å². The number of hydrogen-bond acceptors (Lipinski definition) is 7. The maximum atomic E-state index is 10.7. The van der Waals surface area contributed by atoms with Crippen LogP contribution < -0.4 is 42.4 Å². The SMILES string of the molecule is N#CCc1ccc([I+]c2ccc([I+]c3ccccc3)cc2)cc1.O=S(=O)([O-])C(F)(F)F.O=S(=O)([O-])C(F)(F)F. The Kier molecular flexibility index (Phi) is 13.6. The molecule has 3 aromatic rings. The van der Waals surface area contributed by atoms with E-state index < -0.39 is 31.3 Å². The Balaban J connectivity index is 0.000000393. The van der Waals surface area contributed by atoms with Crippen LogP contribution in [0.4, 0.5) is 26.3 Å². The third kappa shape index (κ3) is 13.8. The van der Waals surface area contributed by atoms with Crippen LogP contribution in [0.5, 0.6) is 0 Å². The van der Waals surface area contributed by atoms with Crippen LogP contribution in [0.15, 0.2) is 78.9 Å². The van der Waals surface area contributed by atoms with E-state index >= 15 is 0 Å². The van der Waals surface area contributed by atoms with E-state index in [0.29, 0.717) is 6.42 Å². The number of nitrogens with zero attached hydrogens (tertiary/aromatic N) is 1. The van der Waals surface area contributed by atoms with E-state index in [0.717, 1.165) is 5.56 Å². The first kappa shape index (κ1) is 35.0. The lowest BCUT2D eigenvalue weighted by atomic mass is 10.2. The van der Waals surface area contributed by atoms with E-state index in [9.17, 15) is 26.3 Å². The molecule has 39 heavy (non-hydrogen) atoms. The van der Waals surface area contributed by atoms with Gasteiger partial charge in [0, 0.05) is 0 Å². The van der Waals surface area contributed by atoms with E-state index in [1.807, 2.05) is 0 Å². The first-order valence-corrected chi connectivity index (χ1v) is 16.9. The monoisotopic (exact) mass is 821 g/mol. The molecule has 0 fully saturated rings. The Morgan fingerprint density at radius 2 is 0.897 bits per heavy atom. The zero-order valence-electron chi connectivity index (χ0n) is 18.9. The second-order valence-electron chi connectivity index (χ2n) is 6.68. The molecule has 0 aliphatic heterocycles. The molecule has 0 radical (unpaired) electrons. The van der Waals surface area contributed by atoms with Gasteiger partial charge in [0.1, 0.15) is 0 Å². The summed E-state index contributed by atoms with van der Waals surface area (Å²) in [6.45, 7) is 0. The van der Waals surface area contributed by atoms with Gasteiger partial charge < -0.3 is 9.11 Å². The number of nitriles is 1. The summed E-state index contributed by atoms with van der Waals surface area (Å²) in [4.78, 5) is 0. The Hall–Kier alpha value is -1.99. The molecule has 0 atom stereocenters. The van der Waals surface area contributed by atoms with Crippen LogP contribution in [-0.4, -0.2) is 37.0 Å². The number of hydrogen-bond donors (Lipinski definition) is 0. The van der Waals surface area contributed by atoms with Crippen molar-refractivity contribution in [1.29, 1.82) is 5.26 Å². The van der Waals surface area contributed by atoms with Gasteiger partial charge in [-0.3, -0.25) is 0 Å². The van der Waals surface area contributed by atoms with E-state index in [4.69, 9.17) is 31.2 Å². The number of benzene rings is 3. The maximum absolute atomic E-state index is 10.7. The predicted octanol–water partition coefficient (Wildman–Crippen LogP) is -1.89. The van der Waals surface area contributed by atoms with Crippen molar-refractivity contribution in [3.8, 4) is 6.07 Å². The largest absolute Gasteiger partial charge is 0.741 e. The van der Waals surface area contributed by atoms with Crippen LogP contribution in [0, 0.1) is 25.6 Å².